The van der Waals surface area contributed by atoms with E-state index in [4.69, 9.17) is 9.47 Å². The second kappa shape index (κ2) is 8.52. The van der Waals surface area contributed by atoms with Crippen LogP contribution in [0.1, 0.15) is 30.0 Å². The number of rotatable bonds is 7. The molecule has 0 radical (unpaired) electrons. The van der Waals surface area contributed by atoms with E-state index in [1.165, 1.54) is 17.5 Å². The quantitative estimate of drug-likeness (QED) is 0.776. The van der Waals surface area contributed by atoms with Gasteiger partial charge < -0.3 is 14.8 Å². The first-order valence-corrected chi connectivity index (χ1v) is 8.93. The van der Waals surface area contributed by atoms with Crippen molar-refractivity contribution in [2.75, 3.05) is 18.5 Å². The monoisotopic (exact) mass is 353 g/mol. The summed E-state index contributed by atoms with van der Waals surface area (Å²) in [6, 6.07) is 13.3. The molecule has 0 spiro atoms. The molecule has 0 heterocycles. The Balaban J connectivity index is 1.55. The topological polar surface area (TPSA) is 64.6 Å². The fraction of sp³-hybridized carbons (Fsp3) is 0.333. The van der Waals surface area contributed by atoms with Gasteiger partial charge in [0.05, 0.1) is 13.0 Å². The van der Waals surface area contributed by atoms with Crippen LogP contribution in [0.25, 0.3) is 0 Å². The third kappa shape index (κ3) is 4.85. The van der Waals surface area contributed by atoms with Gasteiger partial charge in [-0.15, -0.1) is 0 Å². The van der Waals surface area contributed by atoms with Gasteiger partial charge in [0.1, 0.15) is 5.75 Å². The number of benzene rings is 2. The molecule has 0 aliphatic heterocycles. The highest BCUT2D eigenvalue weighted by Gasteiger charge is 2.12. The van der Waals surface area contributed by atoms with Crippen LogP contribution in [0.4, 0.5) is 5.69 Å². The number of ether oxygens (including phenoxy) is 2. The lowest BCUT2D eigenvalue weighted by molar-refractivity contribution is -0.145. The molecule has 1 N–H and O–H groups in total. The summed E-state index contributed by atoms with van der Waals surface area (Å²) in [5.41, 5.74) is 4.43. The number of aryl methyl sites for hydroxylation is 2. The average Bonchev–Trinajstić information content (AvgIpc) is 3.08. The zero-order chi connectivity index (χ0) is 18.4. The lowest BCUT2D eigenvalue weighted by Crippen LogP contribution is -2.16. The van der Waals surface area contributed by atoms with Crippen molar-refractivity contribution < 1.29 is 19.1 Å². The number of carbonyl (C=O) groups is 2. The fourth-order valence-corrected chi connectivity index (χ4v) is 3.13. The van der Waals surface area contributed by atoms with Gasteiger partial charge in [-0.25, -0.2) is 4.79 Å². The zero-order valence-corrected chi connectivity index (χ0v) is 14.9. The van der Waals surface area contributed by atoms with E-state index in [-0.39, 0.29) is 12.5 Å². The van der Waals surface area contributed by atoms with E-state index in [2.05, 4.69) is 17.4 Å². The van der Waals surface area contributed by atoms with Crippen LogP contribution in [-0.4, -0.2) is 25.1 Å². The Hall–Kier alpha value is -2.82. The number of carbonyl (C=O) groups excluding carboxylic acids is 2. The second-order valence-corrected chi connectivity index (χ2v) is 6.30. The van der Waals surface area contributed by atoms with Crippen molar-refractivity contribution in [3.63, 3.8) is 0 Å². The van der Waals surface area contributed by atoms with Crippen LogP contribution in [0.15, 0.2) is 42.5 Å². The molecule has 5 nitrogen and oxygen atoms in total. The van der Waals surface area contributed by atoms with Gasteiger partial charge in [0.15, 0.2) is 6.61 Å². The Morgan fingerprint density at radius 1 is 1.08 bits per heavy atom. The highest BCUT2D eigenvalue weighted by atomic mass is 16.6. The summed E-state index contributed by atoms with van der Waals surface area (Å²) in [7, 11) is 0. The molecule has 1 aliphatic rings. The molecule has 26 heavy (non-hydrogen) atoms. The van der Waals surface area contributed by atoms with Crippen molar-refractivity contribution in [2.45, 2.75) is 32.6 Å². The maximum Gasteiger partial charge on any atom is 0.344 e. The van der Waals surface area contributed by atoms with Gasteiger partial charge in [-0.1, -0.05) is 24.3 Å². The first-order chi connectivity index (χ1) is 12.6. The SMILES string of the molecule is CCOC(=O)COc1cccc(NC(=O)Cc2ccc3c(c2)CCC3)c1. The highest BCUT2D eigenvalue weighted by Crippen LogP contribution is 2.23. The number of anilines is 1. The predicted molar refractivity (Wildman–Crippen MR) is 99.4 cm³/mol. The van der Waals surface area contributed by atoms with Crippen LogP contribution in [0.3, 0.4) is 0 Å². The Labute approximate surface area is 153 Å². The predicted octanol–water partition coefficient (Wildman–Crippen LogP) is 3.30. The van der Waals surface area contributed by atoms with Gasteiger partial charge in [0.2, 0.25) is 5.91 Å². The number of nitrogens with one attached hydrogen (secondary N) is 1. The first kappa shape index (κ1) is 18.0. The molecular formula is C21H23NO4. The van der Waals surface area contributed by atoms with Crippen molar-refractivity contribution in [3.05, 3.63) is 59.2 Å². The molecule has 2 aromatic rings. The second-order valence-electron chi connectivity index (χ2n) is 6.30. The number of amides is 1. The van der Waals surface area contributed by atoms with Gasteiger partial charge in [-0.05, 0) is 55.0 Å². The summed E-state index contributed by atoms with van der Waals surface area (Å²) in [5.74, 6) is 0.0115. The summed E-state index contributed by atoms with van der Waals surface area (Å²) in [6.45, 7) is 1.91. The van der Waals surface area contributed by atoms with Crippen molar-refractivity contribution >= 4 is 17.6 Å². The maximum atomic E-state index is 12.3. The van der Waals surface area contributed by atoms with E-state index in [1.54, 1.807) is 31.2 Å². The molecule has 1 aliphatic carbocycles. The van der Waals surface area contributed by atoms with Crippen LogP contribution >= 0.6 is 0 Å². The van der Waals surface area contributed by atoms with Gasteiger partial charge >= 0.3 is 5.97 Å². The highest BCUT2D eigenvalue weighted by molar-refractivity contribution is 5.92. The van der Waals surface area contributed by atoms with Crippen molar-refractivity contribution in [1.29, 1.82) is 0 Å². The molecule has 0 fully saturated rings. The van der Waals surface area contributed by atoms with E-state index >= 15 is 0 Å². The van der Waals surface area contributed by atoms with E-state index < -0.39 is 5.97 Å². The molecule has 2 aromatic carbocycles. The summed E-state index contributed by atoms with van der Waals surface area (Å²) >= 11 is 0. The molecule has 1 amide bonds. The molecule has 0 aromatic heterocycles. The molecule has 5 heteroatoms. The minimum absolute atomic E-state index is 0.0783. The van der Waals surface area contributed by atoms with Crippen molar-refractivity contribution in [1.82, 2.24) is 0 Å². The Kier molecular flexibility index (Phi) is 5.89. The minimum Gasteiger partial charge on any atom is -0.482 e. The van der Waals surface area contributed by atoms with E-state index in [1.807, 2.05) is 6.07 Å². The molecule has 0 saturated heterocycles. The minimum atomic E-state index is -0.418. The van der Waals surface area contributed by atoms with E-state index in [9.17, 15) is 9.59 Å². The van der Waals surface area contributed by atoms with Gasteiger partial charge in [-0.3, -0.25) is 4.79 Å². The van der Waals surface area contributed by atoms with Crippen molar-refractivity contribution in [2.24, 2.45) is 0 Å². The van der Waals surface area contributed by atoms with Crippen LogP contribution < -0.4 is 10.1 Å². The average molecular weight is 353 g/mol. The standard InChI is InChI=1S/C21H23NO4/c1-2-25-21(24)14-26-19-8-4-7-18(13-19)22-20(23)12-15-9-10-16-5-3-6-17(16)11-15/h4,7-11,13H,2-3,5-6,12,14H2,1H3,(H,22,23). The number of hydrogen-bond acceptors (Lipinski definition) is 4. The van der Waals surface area contributed by atoms with E-state index in [0.717, 1.165) is 18.4 Å². The number of hydrogen-bond donors (Lipinski definition) is 1. The molecule has 0 saturated carbocycles. The molecular weight excluding hydrogens is 330 g/mol. The third-order valence-electron chi connectivity index (χ3n) is 4.31. The van der Waals surface area contributed by atoms with Crippen LogP contribution in [0, 0.1) is 0 Å². The lowest BCUT2D eigenvalue weighted by Gasteiger charge is -2.09. The molecule has 136 valence electrons. The van der Waals surface area contributed by atoms with Crippen LogP contribution in [0.5, 0.6) is 5.75 Å². The summed E-state index contributed by atoms with van der Waals surface area (Å²) < 4.78 is 10.2. The Morgan fingerprint density at radius 3 is 2.77 bits per heavy atom. The summed E-state index contributed by atoms with van der Waals surface area (Å²) in [5, 5.41) is 2.88. The Bertz CT molecular complexity index is 800. The third-order valence-corrected chi connectivity index (χ3v) is 4.31. The Morgan fingerprint density at radius 2 is 1.92 bits per heavy atom. The summed E-state index contributed by atoms with van der Waals surface area (Å²) in [4.78, 5) is 23.7. The smallest absolute Gasteiger partial charge is 0.344 e. The zero-order valence-electron chi connectivity index (χ0n) is 14.9. The fourth-order valence-electron chi connectivity index (χ4n) is 3.13. The number of esters is 1. The molecule has 0 atom stereocenters. The molecule has 0 unspecified atom stereocenters. The summed E-state index contributed by atoms with van der Waals surface area (Å²) in [6.07, 6.45) is 3.77. The van der Waals surface area contributed by atoms with Crippen LogP contribution in [-0.2, 0) is 33.6 Å². The molecule has 0 bridgehead atoms. The van der Waals surface area contributed by atoms with E-state index in [0.29, 0.717) is 24.5 Å². The van der Waals surface area contributed by atoms with Crippen molar-refractivity contribution in [3.8, 4) is 5.75 Å². The maximum absolute atomic E-state index is 12.3. The normalized spacial score (nSPS) is 12.3. The first-order valence-electron chi connectivity index (χ1n) is 8.93. The van der Waals surface area contributed by atoms with Crippen LogP contribution in [0.2, 0.25) is 0 Å². The largest absolute Gasteiger partial charge is 0.482 e. The lowest BCUT2D eigenvalue weighted by atomic mass is 10.0. The van der Waals surface area contributed by atoms with Gasteiger partial charge in [-0.2, -0.15) is 0 Å². The molecule has 3 rings (SSSR count). The van der Waals surface area contributed by atoms with Gasteiger partial charge in [0.25, 0.3) is 0 Å². The number of fused-ring (bicyclic) bond motifs is 1. The van der Waals surface area contributed by atoms with Gasteiger partial charge in [0, 0.05) is 11.8 Å².